The number of nitrogens with one attached hydrogen (secondary N) is 1. The molecule has 0 atom stereocenters. The van der Waals surface area contributed by atoms with Crippen LogP contribution in [-0.4, -0.2) is 53.6 Å². The predicted octanol–water partition coefficient (Wildman–Crippen LogP) is 3.78. The Balaban J connectivity index is 1.52. The maximum absolute atomic E-state index is 13.6. The molecule has 0 aliphatic carbocycles. The number of benzene rings is 1. The molecule has 1 aliphatic rings. The quantitative estimate of drug-likeness (QED) is 0.407. The van der Waals surface area contributed by atoms with Gasteiger partial charge in [-0.25, -0.2) is 33.3 Å². The number of rotatable bonds is 6. The highest BCUT2D eigenvalue weighted by atomic mass is 32.2. The van der Waals surface area contributed by atoms with Gasteiger partial charge in [-0.15, -0.1) is 0 Å². The van der Waals surface area contributed by atoms with E-state index in [-0.39, 0.29) is 16.7 Å². The Morgan fingerprint density at radius 1 is 1.06 bits per heavy atom. The summed E-state index contributed by atoms with van der Waals surface area (Å²) in [6.45, 7) is 3.62. The van der Waals surface area contributed by atoms with E-state index in [0.29, 0.717) is 27.1 Å². The maximum atomic E-state index is 13.6. The number of carbonyl (C=O) groups excluding carboxylic acids is 1. The van der Waals surface area contributed by atoms with Gasteiger partial charge in [0.05, 0.1) is 10.6 Å². The third-order valence-corrected chi connectivity index (χ3v) is 8.30. The number of pyridine rings is 1. The number of thiazole rings is 1. The van der Waals surface area contributed by atoms with Crippen LogP contribution in [0.3, 0.4) is 0 Å². The highest BCUT2D eigenvalue weighted by Gasteiger charge is 2.31. The molecule has 3 aromatic heterocycles. The minimum Gasteiger partial charge on any atom is -0.317 e. The van der Waals surface area contributed by atoms with Crippen molar-refractivity contribution in [3.8, 4) is 11.3 Å². The Morgan fingerprint density at radius 2 is 1.75 bits per heavy atom. The average Bonchev–Trinajstić information content (AvgIpc) is 3.32. The normalized spacial score (nSPS) is 14.7. The Morgan fingerprint density at radius 3 is 2.39 bits per heavy atom. The molecule has 1 aromatic carbocycles. The third kappa shape index (κ3) is 4.99. The molecular weight excluding hydrogens is 496 g/mol. The molecule has 186 valence electrons. The average molecular weight is 523 g/mol. The molecule has 1 amide bonds. The first-order valence-electron chi connectivity index (χ1n) is 11.8. The SMILES string of the molecule is CCc1cnc(N(C(=O)C2CCNCC2)c2nc3ccc(-c4ccc(S(C)(=O)=O)cc4)nc3s2)nc1. The van der Waals surface area contributed by atoms with E-state index in [0.717, 1.165) is 43.5 Å². The van der Waals surface area contributed by atoms with Crippen molar-refractivity contribution >= 4 is 48.5 Å². The van der Waals surface area contributed by atoms with E-state index in [4.69, 9.17) is 9.97 Å². The number of hydrogen-bond donors (Lipinski definition) is 1. The largest absolute Gasteiger partial charge is 0.317 e. The molecule has 9 nitrogen and oxygen atoms in total. The Bertz CT molecular complexity index is 1500. The zero-order valence-electron chi connectivity index (χ0n) is 20.0. The third-order valence-electron chi connectivity index (χ3n) is 6.22. The fourth-order valence-corrected chi connectivity index (χ4v) is 5.68. The number of aryl methyl sites for hydroxylation is 1. The van der Waals surface area contributed by atoms with Gasteiger partial charge in [-0.05, 0) is 62.2 Å². The molecule has 0 spiro atoms. The van der Waals surface area contributed by atoms with Gasteiger partial charge in [0.25, 0.3) is 0 Å². The fourth-order valence-electron chi connectivity index (χ4n) is 4.11. The van der Waals surface area contributed by atoms with Crippen LogP contribution in [-0.2, 0) is 21.1 Å². The van der Waals surface area contributed by atoms with E-state index in [2.05, 4.69) is 15.3 Å². The van der Waals surface area contributed by atoms with Gasteiger partial charge >= 0.3 is 0 Å². The lowest BCUT2D eigenvalue weighted by Gasteiger charge is -2.26. The van der Waals surface area contributed by atoms with E-state index in [1.165, 1.54) is 22.5 Å². The van der Waals surface area contributed by atoms with Crippen LogP contribution in [0.2, 0.25) is 0 Å². The van der Waals surface area contributed by atoms with Crippen molar-refractivity contribution in [1.29, 1.82) is 0 Å². The second-order valence-corrected chi connectivity index (χ2v) is 11.7. The van der Waals surface area contributed by atoms with E-state index in [1.54, 1.807) is 36.7 Å². The lowest BCUT2D eigenvalue weighted by Crippen LogP contribution is -2.39. The molecule has 36 heavy (non-hydrogen) atoms. The van der Waals surface area contributed by atoms with Crippen molar-refractivity contribution in [2.24, 2.45) is 5.92 Å². The Kier molecular flexibility index (Phi) is 6.78. The molecule has 0 radical (unpaired) electrons. The first-order chi connectivity index (χ1) is 17.3. The number of aromatic nitrogens is 4. The highest BCUT2D eigenvalue weighted by molar-refractivity contribution is 7.90. The van der Waals surface area contributed by atoms with Gasteiger partial charge in [-0.3, -0.25) is 4.79 Å². The number of amides is 1. The van der Waals surface area contributed by atoms with Crippen LogP contribution in [0, 0.1) is 5.92 Å². The summed E-state index contributed by atoms with van der Waals surface area (Å²) in [6.07, 6.45) is 6.98. The monoisotopic (exact) mass is 522 g/mol. The molecule has 1 fully saturated rings. The number of hydrogen-bond acceptors (Lipinski definition) is 9. The Labute approximate surface area is 213 Å². The molecule has 1 N–H and O–H groups in total. The summed E-state index contributed by atoms with van der Waals surface area (Å²) in [6, 6.07) is 10.3. The van der Waals surface area contributed by atoms with E-state index in [1.807, 2.05) is 19.1 Å². The second-order valence-electron chi connectivity index (χ2n) is 8.76. The number of anilines is 2. The number of nitrogens with zero attached hydrogens (tertiary/aromatic N) is 5. The van der Waals surface area contributed by atoms with Crippen molar-refractivity contribution in [2.75, 3.05) is 24.2 Å². The smallest absolute Gasteiger partial charge is 0.239 e. The topological polar surface area (TPSA) is 118 Å². The van der Waals surface area contributed by atoms with Crippen LogP contribution >= 0.6 is 11.3 Å². The molecule has 4 aromatic rings. The number of sulfone groups is 1. The molecule has 0 saturated carbocycles. The van der Waals surface area contributed by atoms with Crippen LogP contribution in [0.1, 0.15) is 25.3 Å². The van der Waals surface area contributed by atoms with Gasteiger partial charge in [-0.2, -0.15) is 0 Å². The van der Waals surface area contributed by atoms with E-state index >= 15 is 0 Å². The van der Waals surface area contributed by atoms with Crippen LogP contribution in [0.25, 0.3) is 21.6 Å². The zero-order chi connectivity index (χ0) is 25.3. The van der Waals surface area contributed by atoms with Gasteiger partial charge < -0.3 is 5.32 Å². The number of fused-ring (bicyclic) bond motifs is 1. The van der Waals surface area contributed by atoms with Crippen LogP contribution in [0.5, 0.6) is 0 Å². The van der Waals surface area contributed by atoms with Gasteiger partial charge in [0.1, 0.15) is 10.3 Å². The van der Waals surface area contributed by atoms with Gasteiger partial charge in [-0.1, -0.05) is 30.4 Å². The summed E-state index contributed by atoms with van der Waals surface area (Å²) in [5.41, 5.74) is 3.14. The number of piperidine rings is 1. The summed E-state index contributed by atoms with van der Waals surface area (Å²) in [4.78, 5) is 34.5. The standard InChI is InChI=1S/C25H26N6O3S2/c1-3-16-14-27-24(28-15-16)31(23(32)18-10-12-26-13-11-18)25-30-21-9-8-20(29-22(21)35-25)17-4-6-19(7-5-17)36(2,33)34/h4-9,14-15,18,26H,3,10-13H2,1-2H3. The molecule has 0 bridgehead atoms. The van der Waals surface area contributed by atoms with Crippen LogP contribution in [0.4, 0.5) is 11.1 Å². The first kappa shape index (κ1) is 24.4. The molecule has 4 heterocycles. The molecule has 5 rings (SSSR count). The summed E-state index contributed by atoms with van der Waals surface area (Å²) >= 11 is 1.31. The van der Waals surface area contributed by atoms with Crippen molar-refractivity contribution in [3.05, 3.63) is 54.4 Å². The molecule has 1 saturated heterocycles. The lowest BCUT2D eigenvalue weighted by atomic mass is 9.97. The fraction of sp³-hybridized carbons (Fsp3) is 0.320. The summed E-state index contributed by atoms with van der Waals surface area (Å²) in [5, 5.41) is 3.78. The minimum atomic E-state index is -3.27. The van der Waals surface area contributed by atoms with Gasteiger partial charge in [0.2, 0.25) is 17.0 Å². The van der Waals surface area contributed by atoms with Crippen LogP contribution < -0.4 is 10.2 Å². The highest BCUT2D eigenvalue weighted by Crippen LogP contribution is 2.34. The molecular formula is C25H26N6O3S2. The first-order valence-corrected chi connectivity index (χ1v) is 14.5. The summed E-state index contributed by atoms with van der Waals surface area (Å²) < 4.78 is 23.6. The van der Waals surface area contributed by atoms with Crippen molar-refractivity contribution < 1.29 is 13.2 Å². The summed E-state index contributed by atoms with van der Waals surface area (Å²) in [5.74, 6) is 0.118. The molecule has 11 heteroatoms. The van der Waals surface area contributed by atoms with Crippen molar-refractivity contribution in [1.82, 2.24) is 25.3 Å². The predicted molar refractivity (Wildman–Crippen MR) is 140 cm³/mol. The molecule has 0 unspecified atom stereocenters. The van der Waals surface area contributed by atoms with Gasteiger partial charge in [0.15, 0.2) is 9.84 Å². The van der Waals surface area contributed by atoms with E-state index < -0.39 is 9.84 Å². The second kappa shape index (κ2) is 10.00. The van der Waals surface area contributed by atoms with Gasteiger partial charge in [0, 0.05) is 30.1 Å². The van der Waals surface area contributed by atoms with E-state index in [9.17, 15) is 13.2 Å². The lowest BCUT2D eigenvalue weighted by molar-refractivity contribution is -0.122. The molecule has 1 aliphatic heterocycles. The zero-order valence-corrected chi connectivity index (χ0v) is 21.6. The number of carbonyl (C=O) groups is 1. The minimum absolute atomic E-state index is 0.0589. The van der Waals surface area contributed by atoms with Crippen molar-refractivity contribution in [3.63, 3.8) is 0 Å². The Hall–Kier alpha value is -3.28. The summed E-state index contributed by atoms with van der Waals surface area (Å²) in [7, 11) is -3.27. The maximum Gasteiger partial charge on any atom is 0.239 e. The van der Waals surface area contributed by atoms with Crippen molar-refractivity contribution in [2.45, 2.75) is 31.1 Å². The van der Waals surface area contributed by atoms with Crippen LogP contribution in [0.15, 0.2) is 53.7 Å².